The molecular formula is C20H33Cl2N3O. The highest BCUT2D eigenvalue weighted by Crippen LogP contribution is 2.37. The van der Waals surface area contributed by atoms with Crippen molar-refractivity contribution in [3.63, 3.8) is 0 Å². The number of halogens is 2. The Kier molecular flexibility index (Phi) is 8.40. The average Bonchev–Trinajstić information content (AvgIpc) is 2.57. The van der Waals surface area contributed by atoms with Gasteiger partial charge in [-0.2, -0.15) is 0 Å². The van der Waals surface area contributed by atoms with Gasteiger partial charge in [0, 0.05) is 31.7 Å². The van der Waals surface area contributed by atoms with Gasteiger partial charge in [0.15, 0.2) is 0 Å². The smallest absolute Gasteiger partial charge is 0.242 e. The summed E-state index contributed by atoms with van der Waals surface area (Å²) in [5.74, 6) is 0.0896. The number of carbonyl (C=O) groups excluding carboxylic acids is 1. The molecule has 1 spiro atoms. The fraction of sp³-hybridized carbons (Fsp3) is 0.650. The average molecular weight is 402 g/mol. The molecule has 4 nitrogen and oxygen atoms in total. The number of piperazine rings is 1. The predicted octanol–water partition coefficient (Wildman–Crippen LogP) is 3.61. The van der Waals surface area contributed by atoms with Crippen LogP contribution in [-0.4, -0.2) is 46.4 Å². The van der Waals surface area contributed by atoms with Gasteiger partial charge in [0.25, 0.3) is 0 Å². The Bertz CT molecular complexity index is 568. The quantitative estimate of drug-likeness (QED) is 0.840. The van der Waals surface area contributed by atoms with Gasteiger partial charge in [0.2, 0.25) is 5.91 Å². The Morgan fingerprint density at radius 2 is 1.69 bits per heavy atom. The molecule has 1 aliphatic heterocycles. The van der Waals surface area contributed by atoms with Crippen molar-refractivity contribution in [2.45, 2.75) is 63.6 Å². The first-order valence-electron chi connectivity index (χ1n) is 9.28. The van der Waals surface area contributed by atoms with Crippen LogP contribution in [0.2, 0.25) is 0 Å². The van der Waals surface area contributed by atoms with Gasteiger partial charge in [0.05, 0.1) is 5.54 Å². The molecule has 0 unspecified atom stereocenters. The first-order chi connectivity index (χ1) is 11.4. The molecule has 1 aromatic rings. The summed E-state index contributed by atoms with van der Waals surface area (Å²) in [5.41, 5.74) is 6.80. The highest BCUT2D eigenvalue weighted by atomic mass is 35.5. The molecule has 2 aliphatic rings. The van der Waals surface area contributed by atoms with Gasteiger partial charge in [-0.3, -0.25) is 9.69 Å². The first-order valence-corrected chi connectivity index (χ1v) is 9.28. The van der Waals surface area contributed by atoms with Crippen molar-refractivity contribution in [2.75, 3.05) is 19.6 Å². The second kappa shape index (κ2) is 9.41. The highest BCUT2D eigenvalue weighted by molar-refractivity contribution is 5.86. The van der Waals surface area contributed by atoms with Gasteiger partial charge < -0.3 is 10.6 Å². The molecule has 1 heterocycles. The second-order valence-corrected chi connectivity index (χ2v) is 8.14. The van der Waals surface area contributed by atoms with Crippen LogP contribution in [0, 0.1) is 0 Å². The summed E-state index contributed by atoms with van der Waals surface area (Å²) >= 11 is 0. The molecule has 2 fully saturated rings. The summed E-state index contributed by atoms with van der Waals surface area (Å²) in [6, 6.07) is 10.7. The molecule has 1 aliphatic carbocycles. The van der Waals surface area contributed by atoms with E-state index in [1.165, 1.54) is 37.7 Å². The van der Waals surface area contributed by atoms with E-state index >= 15 is 0 Å². The van der Waals surface area contributed by atoms with Gasteiger partial charge >= 0.3 is 0 Å². The van der Waals surface area contributed by atoms with E-state index in [4.69, 9.17) is 5.73 Å². The maximum Gasteiger partial charge on any atom is 0.242 e. The maximum absolute atomic E-state index is 12.7. The number of hydrogen-bond acceptors (Lipinski definition) is 3. The number of benzene rings is 1. The largest absolute Gasteiger partial charge is 0.338 e. The van der Waals surface area contributed by atoms with Crippen molar-refractivity contribution in [1.29, 1.82) is 0 Å². The Morgan fingerprint density at radius 3 is 2.27 bits per heavy atom. The standard InChI is InChI=1S/C20H31N3O.2ClH/c1-19(2,21)18(24)22-13-14-23(15-17-9-5-3-6-10-17)20(16-22)11-7-4-8-12-20;;/h3,5-6,9-10H,4,7-8,11-16,21H2,1-2H3;2*1H. The Balaban J connectivity index is 0.00000169. The number of amides is 1. The van der Waals surface area contributed by atoms with Gasteiger partial charge in [0.1, 0.15) is 0 Å². The van der Waals surface area contributed by atoms with E-state index in [2.05, 4.69) is 35.2 Å². The number of rotatable bonds is 3. The van der Waals surface area contributed by atoms with Crippen LogP contribution in [0.3, 0.4) is 0 Å². The third-order valence-electron chi connectivity index (χ3n) is 5.63. The Labute approximate surface area is 170 Å². The zero-order valence-corrected chi connectivity index (χ0v) is 17.6. The lowest BCUT2D eigenvalue weighted by molar-refractivity contribution is -0.143. The molecule has 1 aromatic carbocycles. The first kappa shape index (κ1) is 23.2. The van der Waals surface area contributed by atoms with Crippen molar-refractivity contribution in [3.05, 3.63) is 35.9 Å². The minimum absolute atomic E-state index is 0. The number of hydrogen-bond donors (Lipinski definition) is 1. The van der Waals surface area contributed by atoms with Crippen molar-refractivity contribution in [3.8, 4) is 0 Å². The highest BCUT2D eigenvalue weighted by Gasteiger charge is 2.44. The molecule has 1 saturated carbocycles. The molecule has 3 rings (SSSR count). The summed E-state index contributed by atoms with van der Waals surface area (Å²) in [4.78, 5) is 17.3. The van der Waals surface area contributed by atoms with Crippen molar-refractivity contribution in [2.24, 2.45) is 5.73 Å². The summed E-state index contributed by atoms with van der Waals surface area (Å²) in [6.45, 7) is 7.18. The normalized spacial score (nSPS) is 20.2. The van der Waals surface area contributed by atoms with Crippen LogP contribution in [-0.2, 0) is 11.3 Å². The molecule has 0 aromatic heterocycles. The minimum Gasteiger partial charge on any atom is -0.338 e. The zero-order valence-electron chi connectivity index (χ0n) is 15.9. The molecule has 0 bridgehead atoms. The van der Waals surface area contributed by atoms with Crippen LogP contribution in [0.4, 0.5) is 0 Å². The van der Waals surface area contributed by atoms with E-state index in [0.717, 1.165) is 26.2 Å². The van der Waals surface area contributed by atoms with Crippen molar-refractivity contribution >= 4 is 30.7 Å². The van der Waals surface area contributed by atoms with E-state index < -0.39 is 5.54 Å². The van der Waals surface area contributed by atoms with E-state index in [1.54, 1.807) is 0 Å². The van der Waals surface area contributed by atoms with E-state index in [9.17, 15) is 4.79 Å². The molecular weight excluding hydrogens is 369 g/mol. The summed E-state index contributed by atoms with van der Waals surface area (Å²) in [5, 5.41) is 0. The minimum atomic E-state index is -0.780. The SMILES string of the molecule is CC(C)(N)C(=O)N1CCN(Cc2ccccc2)C2(CCCCC2)C1.Cl.Cl. The van der Waals surface area contributed by atoms with E-state index in [-0.39, 0.29) is 36.3 Å². The van der Waals surface area contributed by atoms with Crippen molar-refractivity contribution in [1.82, 2.24) is 9.80 Å². The lowest BCUT2D eigenvalue weighted by Crippen LogP contribution is -2.66. The lowest BCUT2D eigenvalue weighted by Gasteiger charge is -2.53. The molecule has 0 atom stereocenters. The number of carbonyl (C=O) groups is 1. The molecule has 2 N–H and O–H groups in total. The molecule has 1 saturated heterocycles. The van der Waals surface area contributed by atoms with Crippen LogP contribution >= 0.6 is 24.8 Å². The fourth-order valence-electron chi connectivity index (χ4n) is 4.33. The Morgan fingerprint density at radius 1 is 1.08 bits per heavy atom. The van der Waals surface area contributed by atoms with Gasteiger partial charge in [-0.05, 0) is 32.3 Å². The van der Waals surface area contributed by atoms with Crippen LogP contribution in [0.25, 0.3) is 0 Å². The van der Waals surface area contributed by atoms with Crippen LogP contribution in [0.15, 0.2) is 30.3 Å². The number of nitrogens with zero attached hydrogens (tertiary/aromatic N) is 2. The zero-order chi connectivity index (χ0) is 17.2. The topological polar surface area (TPSA) is 49.6 Å². The van der Waals surface area contributed by atoms with Crippen molar-refractivity contribution < 1.29 is 4.79 Å². The van der Waals surface area contributed by atoms with Crippen LogP contribution in [0.1, 0.15) is 51.5 Å². The predicted molar refractivity (Wildman–Crippen MR) is 112 cm³/mol. The third kappa shape index (κ3) is 5.13. The summed E-state index contributed by atoms with van der Waals surface area (Å²) in [7, 11) is 0. The summed E-state index contributed by atoms with van der Waals surface area (Å²) in [6.07, 6.45) is 6.22. The monoisotopic (exact) mass is 401 g/mol. The van der Waals surface area contributed by atoms with Gasteiger partial charge in [-0.15, -0.1) is 24.8 Å². The fourth-order valence-corrected chi connectivity index (χ4v) is 4.33. The van der Waals surface area contributed by atoms with E-state index in [0.29, 0.717) is 0 Å². The molecule has 1 amide bonds. The Hall–Kier alpha value is -0.810. The molecule has 6 heteroatoms. The van der Waals surface area contributed by atoms with Crippen LogP contribution < -0.4 is 5.73 Å². The molecule has 148 valence electrons. The van der Waals surface area contributed by atoms with Gasteiger partial charge in [-0.25, -0.2) is 0 Å². The van der Waals surface area contributed by atoms with Gasteiger partial charge in [-0.1, -0.05) is 49.6 Å². The van der Waals surface area contributed by atoms with Crippen LogP contribution in [0.5, 0.6) is 0 Å². The van der Waals surface area contributed by atoms with E-state index in [1.807, 2.05) is 18.7 Å². The second-order valence-electron chi connectivity index (χ2n) is 8.14. The molecule has 0 radical (unpaired) electrons. The number of nitrogens with two attached hydrogens (primary N) is 1. The molecule has 26 heavy (non-hydrogen) atoms. The third-order valence-corrected chi connectivity index (χ3v) is 5.63. The lowest BCUT2D eigenvalue weighted by atomic mass is 9.78. The maximum atomic E-state index is 12.7. The summed E-state index contributed by atoms with van der Waals surface area (Å²) < 4.78 is 0.